The molecule has 0 unspecified atom stereocenters. The first-order valence-electron chi connectivity index (χ1n) is 8.83. The molecule has 1 atom stereocenters. The number of carbonyl (C=O) groups is 1. The fourth-order valence-corrected chi connectivity index (χ4v) is 3.71. The number of ether oxygens (including phenoxy) is 1. The van der Waals surface area contributed by atoms with Crippen molar-refractivity contribution in [3.63, 3.8) is 0 Å². The van der Waals surface area contributed by atoms with Gasteiger partial charge in [0.25, 0.3) is 5.91 Å². The molecule has 2 aromatic heterocycles. The minimum absolute atomic E-state index is 0.217. The minimum Gasteiger partial charge on any atom is -0.484 e. The van der Waals surface area contributed by atoms with E-state index in [1.54, 1.807) is 36.4 Å². The number of benzene rings is 2. The summed E-state index contributed by atoms with van der Waals surface area (Å²) >= 11 is 1.50. The van der Waals surface area contributed by atoms with Crippen molar-refractivity contribution in [2.45, 2.75) is 6.04 Å². The Balaban J connectivity index is 1.47. The molecular weight excluding hydrogens is 393 g/mol. The number of hydrogen-bond donors (Lipinski definition) is 1. The van der Waals surface area contributed by atoms with E-state index in [-0.39, 0.29) is 18.3 Å². The van der Waals surface area contributed by atoms with Crippen LogP contribution in [0.2, 0.25) is 0 Å². The molecule has 0 spiro atoms. The second kappa shape index (κ2) is 8.28. The summed E-state index contributed by atoms with van der Waals surface area (Å²) in [6, 6.07) is 17.4. The number of halogens is 1. The SMILES string of the molecule is O=C(COc1ccc2ccc(=O)oc2c1)N[C@@H](c1ccc(F)cc1)c1cccs1. The molecule has 29 heavy (non-hydrogen) atoms. The van der Waals surface area contributed by atoms with Gasteiger partial charge in [-0.2, -0.15) is 0 Å². The van der Waals surface area contributed by atoms with Crippen molar-refractivity contribution in [1.82, 2.24) is 5.32 Å². The first-order valence-corrected chi connectivity index (χ1v) is 9.71. The second-order valence-corrected chi connectivity index (χ2v) is 7.29. The number of hydrogen-bond acceptors (Lipinski definition) is 5. The van der Waals surface area contributed by atoms with Gasteiger partial charge >= 0.3 is 5.63 Å². The summed E-state index contributed by atoms with van der Waals surface area (Å²) in [5.41, 5.74) is 0.707. The number of fused-ring (bicyclic) bond motifs is 1. The van der Waals surface area contributed by atoms with Crippen LogP contribution < -0.4 is 15.7 Å². The summed E-state index contributed by atoms with van der Waals surface area (Å²) in [6.07, 6.45) is 0. The Morgan fingerprint density at radius 3 is 2.66 bits per heavy atom. The van der Waals surface area contributed by atoms with E-state index in [4.69, 9.17) is 9.15 Å². The molecule has 0 fully saturated rings. The van der Waals surface area contributed by atoms with E-state index in [1.165, 1.54) is 29.5 Å². The van der Waals surface area contributed by atoms with Gasteiger partial charge in [-0.3, -0.25) is 4.79 Å². The lowest BCUT2D eigenvalue weighted by molar-refractivity contribution is -0.123. The molecule has 0 saturated carbocycles. The van der Waals surface area contributed by atoms with Gasteiger partial charge in [-0.1, -0.05) is 18.2 Å². The highest BCUT2D eigenvalue weighted by Gasteiger charge is 2.18. The van der Waals surface area contributed by atoms with Gasteiger partial charge < -0.3 is 14.5 Å². The van der Waals surface area contributed by atoms with E-state index in [0.717, 1.165) is 15.8 Å². The van der Waals surface area contributed by atoms with E-state index >= 15 is 0 Å². The Bertz CT molecular complexity index is 1190. The maximum atomic E-state index is 13.3. The molecule has 0 aliphatic heterocycles. The van der Waals surface area contributed by atoms with E-state index in [9.17, 15) is 14.0 Å². The van der Waals surface area contributed by atoms with Crippen LogP contribution in [0.1, 0.15) is 16.5 Å². The molecule has 2 aromatic carbocycles. The molecule has 146 valence electrons. The third kappa shape index (κ3) is 4.52. The van der Waals surface area contributed by atoms with Gasteiger partial charge in [0.15, 0.2) is 6.61 Å². The highest BCUT2D eigenvalue weighted by Crippen LogP contribution is 2.26. The third-order valence-corrected chi connectivity index (χ3v) is 5.24. The zero-order valence-electron chi connectivity index (χ0n) is 15.1. The fourth-order valence-electron chi connectivity index (χ4n) is 2.91. The quantitative estimate of drug-likeness (QED) is 0.483. The Morgan fingerprint density at radius 1 is 1.10 bits per heavy atom. The molecule has 0 bridgehead atoms. The Morgan fingerprint density at radius 2 is 1.90 bits per heavy atom. The van der Waals surface area contributed by atoms with Crippen LogP contribution in [-0.4, -0.2) is 12.5 Å². The maximum absolute atomic E-state index is 13.3. The van der Waals surface area contributed by atoms with Crippen molar-refractivity contribution < 1.29 is 18.3 Å². The maximum Gasteiger partial charge on any atom is 0.336 e. The normalized spacial score (nSPS) is 11.9. The van der Waals surface area contributed by atoms with Crippen molar-refractivity contribution in [1.29, 1.82) is 0 Å². The second-order valence-electron chi connectivity index (χ2n) is 6.31. The molecule has 1 amide bonds. The molecule has 0 saturated heterocycles. The largest absolute Gasteiger partial charge is 0.484 e. The summed E-state index contributed by atoms with van der Waals surface area (Å²) in [7, 11) is 0. The lowest BCUT2D eigenvalue weighted by atomic mass is 10.1. The number of carbonyl (C=O) groups excluding carboxylic acids is 1. The number of nitrogens with one attached hydrogen (secondary N) is 1. The molecule has 4 rings (SSSR count). The fraction of sp³-hybridized carbons (Fsp3) is 0.0909. The van der Waals surface area contributed by atoms with Crippen LogP contribution in [0.15, 0.2) is 81.3 Å². The summed E-state index contributed by atoms with van der Waals surface area (Å²) in [6.45, 7) is -0.217. The van der Waals surface area contributed by atoms with Crippen LogP contribution >= 0.6 is 11.3 Å². The first-order chi connectivity index (χ1) is 14.1. The highest BCUT2D eigenvalue weighted by atomic mass is 32.1. The standard InChI is InChI=1S/C22H16FNO4S/c23-16-7-3-15(4-8-16)22(19-2-1-11-29-19)24-20(25)13-27-17-9-5-14-6-10-21(26)28-18(14)12-17/h1-12,22H,13H2,(H,24,25)/t22-/m0/s1. The van der Waals surface area contributed by atoms with Crippen LogP contribution in [0, 0.1) is 5.82 Å². The van der Waals surface area contributed by atoms with E-state index < -0.39 is 11.7 Å². The van der Waals surface area contributed by atoms with E-state index in [1.807, 2.05) is 17.5 Å². The topological polar surface area (TPSA) is 68.5 Å². The molecule has 0 aliphatic rings. The molecule has 7 heteroatoms. The third-order valence-electron chi connectivity index (χ3n) is 4.30. The van der Waals surface area contributed by atoms with Gasteiger partial charge in [0.2, 0.25) is 0 Å². The van der Waals surface area contributed by atoms with Gasteiger partial charge in [0.05, 0.1) is 6.04 Å². The number of rotatable bonds is 6. The summed E-state index contributed by atoms with van der Waals surface area (Å²) in [5, 5.41) is 5.60. The van der Waals surface area contributed by atoms with Crippen LogP contribution in [0.5, 0.6) is 5.75 Å². The predicted molar refractivity (Wildman–Crippen MR) is 109 cm³/mol. The number of amides is 1. The molecule has 4 aromatic rings. The average molecular weight is 409 g/mol. The summed E-state index contributed by atoms with van der Waals surface area (Å²) < 4.78 is 24.0. The molecular formula is C22H16FNO4S. The molecule has 0 aliphatic carbocycles. The van der Waals surface area contributed by atoms with Crippen molar-refractivity contribution in [3.05, 3.63) is 98.8 Å². The first kappa shape index (κ1) is 18.9. The zero-order chi connectivity index (χ0) is 20.2. The lowest BCUT2D eigenvalue weighted by Gasteiger charge is -2.18. The minimum atomic E-state index is -0.453. The van der Waals surface area contributed by atoms with E-state index in [0.29, 0.717) is 11.3 Å². The van der Waals surface area contributed by atoms with E-state index in [2.05, 4.69) is 5.32 Å². The van der Waals surface area contributed by atoms with Crippen LogP contribution in [0.3, 0.4) is 0 Å². The average Bonchev–Trinajstić information content (AvgIpc) is 3.25. The van der Waals surface area contributed by atoms with Crippen molar-refractivity contribution >= 4 is 28.2 Å². The van der Waals surface area contributed by atoms with Gasteiger partial charge in [0, 0.05) is 22.4 Å². The van der Waals surface area contributed by atoms with Gasteiger partial charge in [-0.25, -0.2) is 9.18 Å². The van der Waals surface area contributed by atoms with Gasteiger partial charge in [0.1, 0.15) is 17.1 Å². The Hall–Kier alpha value is -3.45. The Kier molecular flexibility index (Phi) is 5.39. The zero-order valence-corrected chi connectivity index (χ0v) is 15.9. The number of thiophene rings is 1. The van der Waals surface area contributed by atoms with Gasteiger partial charge in [-0.15, -0.1) is 11.3 Å². The molecule has 1 N–H and O–H groups in total. The molecule has 0 radical (unpaired) electrons. The monoisotopic (exact) mass is 409 g/mol. The van der Waals surface area contributed by atoms with Crippen LogP contribution in [0.4, 0.5) is 4.39 Å². The smallest absolute Gasteiger partial charge is 0.336 e. The van der Waals surface area contributed by atoms with Crippen LogP contribution in [0.25, 0.3) is 11.0 Å². The molecule has 2 heterocycles. The van der Waals surface area contributed by atoms with Crippen molar-refractivity contribution in [2.24, 2.45) is 0 Å². The van der Waals surface area contributed by atoms with Crippen molar-refractivity contribution in [2.75, 3.05) is 6.61 Å². The van der Waals surface area contributed by atoms with Crippen LogP contribution in [-0.2, 0) is 4.79 Å². The highest BCUT2D eigenvalue weighted by molar-refractivity contribution is 7.10. The summed E-state index contributed by atoms with van der Waals surface area (Å²) in [4.78, 5) is 24.8. The summed E-state index contributed by atoms with van der Waals surface area (Å²) in [5.74, 6) is -0.255. The molecule has 5 nitrogen and oxygen atoms in total. The van der Waals surface area contributed by atoms with Crippen molar-refractivity contribution in [3.8, 4) is 5.75 Å². The lowest BCUT2D eigenvalue weighted by Crippen LogP contribution is -2.32. The van der Waals surface area contributed by atoms with Gasteiger partial charge in [-0.05, 0) is 47.3 Å². The Labute approximate surface area is 169 Å². The predicted octanol–water partition coefficient (Wildman–Crippen LogP) is 4.28.